The van der Waals surface area contributed by atoms with Gasteiger partial charge in [-0.15, -0.1) is 0 Å². The highest BCUT2D eigenvalue weighted by atomic mass is 16.6. The summed E-state index contributed by atoms with van der Waals surface area (Å²) in [6, 6.07) is 8.64. The molecular weight excluding hydrogens is 394 g/mol. The lowest BCUT2D eigenvalue weighted by Gasteiger charge is -2.42. The summed E-state index contributed by atoms with van der Waals surface area (Å²) >= 11 is 0. The van der Waals surface area contributed by atoms with Crippen LogP contribution in [0, 0.1) is 0 Å². The molecular formula is C24H37N3O4. The molecule has 0 spiro atoms. The number of unbranched alkanes of at least 4 members (excludes halogenated alkanes) is 2. The van der Waals surface area contributed by atoms with Gasteiger partial charge in [-0.05, 0) is 52.0 Å². The maximum absolute atomic E-state index is 13.2. The highest BCUT2D eigenvalue weighted by Gasteiger charge is 2.38. The van der Waals surface area contributed by atoms with Crippen LogP contribution >= 0.6 is 0 Å². The van der Waals surface area contributed by atoms with Crippen LogP contribution < -0.4 is 10.6 Å². The molecule has 2 N–H and O–H groups in total. The third-order valence-electron chi connectivity index (χ3n) is 5.26. The second-order valence-corrected chi connectivity index (χ2v) is 9.05. The molecule has 0 bridgehead atoms. The summed E-state index contributed by atoms with van der Waals surface area (Å²) < 4.78 is 5.24. The second kappa shape index (κ2) is 11.7. The zero-order valence-electron chi connectivity index (χ0n) is 19.3. The van der Waals surface area contributed by atoms with Gasteiger partial charge in [0.05, 0.1) is 0 Å². The number of amides is 3. The molecule has 1 aromatic carbocycles. The van der Waals surface area contributed by atoms with Crippen molar-refractivity contribution in [3.63, 3.8) is 0 Å². The van der Waals surface area contributed by atoms with Crippen LogP contribution in [0.4, 0.5) is 4.79 Å². The van der Waals surface area contributed by atoms with Crippen molar-refractivity contribution in [2.75, 3.05) is 13.1 Å². The van der Waals surface area contributed by atoms with Crippen molar-refractivity contribution in [1.29, 1.82) is 0 Å². The molecule has 1 aromatic rings. The van der Waals surface area contributed by atoms with Gasteiger partial charge in [-0.2, -0.15) is 0 Å². The summed E-state index contributed by atoms with van der Waals surface area (Å²) in [5.41, 5.74) is 0.124. The minimum Gasteiger partial charge on any atom is -0.444 e. The molecule has 7 heteroatoms. The summed E-state index contributed by atoms with van der Waals surface area (Å²) in [6.45, 7) is 7.79. The molecule has 0 radical (unpaired) electrons. The molecule has 1 saturated carbocycles. The van der Waals surface area contributed by atoms with E-state index < -0.39 is 17.7 Å². The standard InChI is InChI=1S/C24H37N3O4/c1-5-6-10-16-25-22(29)21(18-12-8-7-9-13-18)27(19-14-11-15-19)20(28)17-26-23(30)31-24(2,3)4/h7-9,12-13,19,21H,5-6,10-11,14-17H2,1-4H3,(H,25,29)(H,26,30). The summed E-state index contributed by atoms with van der Waals surface area (Å²) in [5.74, 6) is -0.465. The zero-order chi connectivity index (χ0) is 22.9. The molecule has 0 aromatic heterocycles. The molecule has 1 fully saturated rings. The zero-order valence-corrected chi connectivity index (χ0v) is 19.3. The first-order valence-electron chi connectivity index (χ1n) is 11.3. The lowest BCUT2D eigenvalue weighted by Crippen LogP contribution is -2.53. The van der Waals surface area contributed by atoms with Crippen molar-refractivity contribution >= 4 is 17.9 Å². The van der Waals surface area contributed by atoms with E-state index >= 15 is 0 Å². The maximum Gasteiger partial charge on any atom is 0.408 e. The summed E-state index contributed by atoms with van der Waals surface area (Å²) in [4.78, 5) is 40.1. The van der Waals surface area contributed by atoms with Crippen LogP contribution in [0.1, 0.15) is 77.8 Å². The summed E-state index contributed by atoms with van der Waals surface area (Å²) in [7, 11) is 0. The number of alkyl carbamates (subject to hydrolysis) is 1. The predicted octanol–water partition coefficient (Wildman–Crippen LogP) is 3.94. The largest absolute Gasteiger partial charge is 0.444 e. The smallest absolute Gasteiger partial charge is 0.408 e. The number of nitrogens with zero attached hydrogens (tertiary/aromatic N) is 1. The summed E-state index contributed by atoms with van der Waals surface area (Å²) in [6.07, 6.45) is 5.10. The number of hydrogen-bond acceptors (Lipinski definition) is 4. The third-order valence-corrected chi connectivity index (χ3v) is 5.26. The van der Waals surface area contributed by atoms with Crippen molar-refractivity contribution in [2.45, 2.75) is 83.9 Å². The van der Waals surface area contributed by atoms with E-state index in [1.54, 1.807) is 25.7 Å². The Morgan fingerprint density at radius 2 is 1.77 bits per heavy atom. The maximum atomic E-state index is 13.2. The minimum absolute atomic E-state index is 0.0143. The van der Waals surface area contributed by atoms with Gasteiger partial charge in [-0.1, -0.05) is 50.1 Å². The molecule has 172 valence electrons. The topological polar surface area (TPSA) is 87.7 Å². The van der Waals surface area contributed by atoms with E-state index in [2.05, 4.69) is 17.6 Å². The van der Waals surface area contributed by atoms with Gasteiger partial charge < -0.3 is 20.3 Å². The Morgan fingerprint density at radius 1 is 1.10 bits per heavy atom. The minimum atomic E-state index is -0.721. The average molecular weight is 432 g/mol. The molecule has 1 aliphatic carbocycles. The van der Waals surface area contributed by atoms with E-state index in [1.165, 1.54) is 0 Å². The first-order chi connectivity index (χ1) is 14.7. The average Bonchev–Trinajstić information content (AvgIpc) is 2.67. The Bertz CT molecular complexity index is 726. The number of carbonyl (C=O) groups excluding carboxylic acids is 3. The van der Waals surface area contributed by atoms with Crippen LogP contribution in [-0.4, -0.2) is 47.5 Å². The van der Waals surface area contributed by atoms with Gasteiger partial charge >= 0.3 is 6.09 Å². The molecule has 1 atom stereocenters. The SMILES string of the molecule is CCCCCNC(=O)C(c1ccccc1)N(C(=O)CNC(=O)OC(C)(C)C)C1CCC1. The van der Waals surface area contributed by atoms with Crippen molar-refractivity contribution in [1.82, 2.24) is 15.5 Å². The fourth-order valence-electron chi connectivity index (χ4n) is 3.53. The lowest BCUT2D eigenvalue weighted by molar-refractivity contribution is -0.145. The lowest BCUT2D eigenvalue weighted by atomic mass is 9.88. The fraction of sp³-hybridized carbons (Fsp3) is 0.625. The van der Waals surface area contributed by atoms with Gasteiger partial charge in [0.15, 0.2) is 0 Å². The van der Waals surface area contributed by atoms with E-state index in [0.717, 1.165) is 44.1 Å². The van der Waals surface area contributed by atoms with Crippen molar-refractivity contribution in [3.05, 3.63) is 35.9 Å². The number of ether oxygens (including phenoxy) is 1. The highest BCUT2D eigenvalue weighted by molar-refractivity contribution is 5.90. The van der Waals surface area contributed by atoms with Crippen LogP contribution in [0.25, 0.3) is 0 Å². The van der Waals surface area contributed by atoms with Gasteiger partial charge in [0.1, 0.15) is 18.2 Å². The van der Waals surface area contributed by atoms with Crippen molar-refractivity contribution in [2.24, 2.45) is 0 Å². The Balaban J connectivity index is 2.17. The molecule has 31 heavy (non-hydrogen) atoms. The monoisotopic (exact) mass is 431 g/mol. The van der Waals surface area contributed by atoms with Crippen LogP contribution in [0.3, 0.4) is 0 Å². The third kappa shape index (κ3) is 7.89. The van der Waals surface area contributed by atoms with Crippen LogP contribution in [0.15, 0.2) is 30.3 Å². The number of nitrogens with one attached hydrogen (secondary N) is 2. The van der Waals surface area contributed by atoms with Gasteiger partial charge in [0.25, 0.3) is 0 Å². The molecule has 1 unspecified atom stereocenters. The van der Waals surface area contributed by atoms with E-state index in [-0.39, 0.29) is 24.4 Å². The Morgan fingerprint density at radius 3 is 2.32 bits per heavy atom. The number of benzene rings is 1. The van der Waals surface area contributed by atoms with Gasteiger partial charge in [0.2, 0.25) is 11.8 Å². The predicted molar refractivity (Wildman–Crippen MR) is 120 cm³/mol. The van der Waals surface area contributed by atoms with Gasteiger partial charge in [-0.25, -0.2) is 4.79 Å². The van der Waals surface area contributed by atoms with E-state index in [9.17, 15) is 14.4 Å². The van der Waals surface area contributed by atoms with Crippen molar-refractivity contribution in [3.8, 4) is 0 Å². The number of rotatable bonds is 10. The molecule has 7 nitrogen and oxygen atoms in total. The van der Waals surface area contributed by atoms with E-state index in [1.807, 2.05) is 30.3 Å². The first kappa shape index (κ1) is 24.7. The fourth-order valence-corrected chi connectivity index (χ4v) is 3.53. The second-order valence-electron chi connectivity index (χ2n) is 9.05. The molecule has 0 heterocycles. The molecule has 0 aliphatic heterocycles. The Kier molecular flexibility index (Phi) is 9.34. The quantitative estimate of drug-likeness (QED) is 0.549. The van der Waals surface area contributed by atoms with Gasteiger partial charge in [-0.3, -0.25) is 9.59 Å². The molecule has 1 aliphatic rings. The summed E-state index contributed by atoms with van der Waals surface area (Å²) in [5, 5.41) is 5.55. The van der Waals surface area contributed by atoms with E-state index in [0.29, 0.717) is 6.54 Å². The van der Waals surface area contributed by atoms with Crippen LogP contribution in [0.2, 0.25) is 0 Å². The molecule has 2 rings (SSSR count). The van der Waals surface area contributed by atoms with Crippen molar-refractivity contribution < 1.29 is 19.1 Å². The molecule has 3 amide bonds. The van der Waals surface area contributed by atoms with Crippen LogP contribution in [-0.2, 0) is 14.3 Å². The highest BCUT2D eigenvalue weighted by Crippen LogP contribution is 2.33. The number of carbonyl (C=O) groups is 3. The number of hydrogen-bond donors (Lipinski definition) is 2. The van der Waals surface area contributed by atoms with Crippen LogP contribution in [0.5, 0.6) is 0 Å². The Labute approximate surface area is 185 Å². The Hall–Kier alpha value is -2.57. The first-order valence-corrected chi connectivity index (χ1v) is 11.3. The van der Waals surface area contributed by atoms with E-state index in [4.69, 9.17) is 4.74 Å². The molecule has 0 saturated heterocycles. The normalized spacial score (nSPS) is 14.8. The van der Waals surface area contributed by atoms with Gasteiger partial charge in [0, 0.05) is 12.6 Å².